The standard InChI is InChI=1S/C13H11ClN2O/c1-16(15-17)13-8-7-11(14)9-12(13)10-5-3-2-4-6-10/h2-9H,1H3. The molecule has 86 valence electrons. The lowest BCUT2D eigenvalue weighted by Crippen LogP contribution is -2.08. The number of anilines is 1. The van der Waals surface area contributed by atoms with E-state index in [2.05, 4.69) is 5.29 Å². The van der Waals surface area contributed by atoms with Gasteiger partial charge in [-0.15, -0.1) is 4.91 Å². The first-order chi connectivity index (χ1) is 8.22. The molecule has 0 heterocycles. The monoisotopic (exact) mass is 246 g/mol. The molecular weight excluding hydrogens is 236 g/mol. The van der Waals surface area contributed by atoms with Gasteiger partial charge < -0.3 is 0 Å². The van der Waals surface area contributed by atoms with Gasteiger partial charge in [-0.2, -0.15) is 0 Å². The second-order valence-electron chi connectivity index (χ2n) is 3.63. The molecule has 0 aliphatic rings. The van der Waals surface area contributed by atoms with Crippen LogP contribution in [0.2, 0.25) is 5.02 Å². The molecule has 17 heavy (non-hydrogen) atoms. The first-order valence-electron chi connectivity index (χ1n) is 5.14. The fourth-order valence-electron chi connectivity index (χ4n) is 1.68. The molecule has 0 aromatic heterocycles. The minimum atomic E-state index is 0.631. The van der Waals surface area contributed by atoms with Crippen molar-refractivity contribution in [1.29, 1.82) is 0 Å². The molecule has 0 fully saturated rings. The van der Waals surface area contributed by atoms with Crippen LogP contribution >= 0.6 is 11.6 Å². The Bertz CT molecular complexity index is 528. The summed E-state index contributed by atoms with van der Waals surface area (Å²) in [4.78, 5) is 10.6. The molecule has 0 aliphatic carbocycles. The summed E-state index contributed by atoms with van der Waals surface area (Å²) in [5, 5.41) is 4.84. The van der Waals surface area contributed by atoms with E-state index in [-0.39, 0.29) is 0 Å². The Kier molecular flexibility index (Phi) is 3.40. The number of nitroso groups, excluding NO2 is 1. The molecule has 0 atom stereocenters. The van der Waals surface area contributed by atoms with Crippen LogP contribution in [0.3, 0.4) is 0 Å². The Balaban J connectivity index is 2.59. The summed E-state index contributed by atoms with van der Waals surface area (Å²) >= 11 is 5.99. The highest BCUT2D eigenvalue weighted by Gasteiger charge is 2.09. The summed E-state index contributed by atoms with van der Waals surface area (Å²) in [6.07, 6.45) is 0. The van der Waals surface area contributed by atoms with Crippen LogP contribution < -0.4 is 5.01 Å². The number of rotatable bonds is 3. The van der Waals surface area contributed by atoms with Crippen molar-refractivity contribution in [3.05, 3.63) is 58.5 Å². The maximum Gasteiger partial charge on any atom is 0.0702 e. The van der Waals surface area contributed by atoms with Gasteiger partial charge in [0.05, 0.1) is 11.0 Å². The lowest BCUT2D eigenvalue weighted by atomic mass is 10.0. The molecule has 0 N–H and O–H groups in total. The first-order valence-corrected chi connectivity index (χ1v) is 5.52. The largest absolute Gasteiger partial charge is 0.232 e. The smallest absolute Gasteiger partial charge is 0.0702 e. The van der Waals surface area contributed by atoms with Gasteiger partial charge in [-0.3, -0.25) is 0 Å². The molecule has 0 unspecified atom stereocenters. The van der Waals surface area contributed by atoms with Crippen molar-refractivity contribution in [3.63, 3.8) is 0 Å². The van der Waals surface area contributed by atoms with E-state index in [1.54, 1.807) is 19.2 Å². The van der Waals surface area contributed by atoms with Gasteiger partial charge in [0.2, 0.25) is 0 Å². The summed E-state index contributed by atoms with van der Waals surface area (Å²) in [6.45, 7) is 0. The quantitative estimate of drug-likeness (QED) is 0.603. The Labute approximate surface area is 105 Å². The SMILES string of the molecule is CN(N=O)c1ccc(Cl)cc1-c1ccccc1. The Hall–Kier alpha value is -1.87. The van der Waals surface area contributed by atoms with Gasteiger partial charge in [-0.05, 0) is 23.8 Å². The van der Waals surface area contributed by atoms with Crippen molar-refractivity contribution in [3.8, 4) is 11.1 Å². The van der Waals surface area contributed by atoms with Gasteiger partial charge in [-0.1, -0.05) is 41.9 Å². The van der Waals surface area contributed by atoms with Gasteiger partial charge in [0.15, 0.2) is 0 Å². The maximum absolute atomic E-state index is 10.6. The minimum absolute atomic E-state index is 0.631. The molecule has 0 radical (unpaired) electrons. The number of halogens is 1. The third-order valence-electron chi connectivity index (χ3n) is 2.51. The zero-order chi connectivity index (χ0) is 12.3. The fraction of sp³-hybridized carbons (Fsp3) is 0.0769. The Morgan fingerprint density at radius 1 is 1.12 bits per heavy atom. The van der Waals surface area contributed by atoms with Crippen LogP contribution in [-0.4, -0.2) is 7.05 Å². The number of hydrogen-bond donors (Lipinski definition) is 0. The van der Waals surface area contributed by atoms with Crippen molar-refractivity contribution in [2.24, 2.45) is 5.29 Å². The number of hydrogen-bond acceptors (Lipinski definition) is 2. The molecule has 0 amide bonds. The van der Waals surface area contributed by atoms with Crippen LogP contribution in [0.4, 0.5) is 5.69 Å². The lowest BCUT2D eigenvalue weighted by Gasteiger charge is -2.14. The van der Waals surface area contributed by atoms with E-state index < -0.39 is 0 Å². The van der Waals surface area contributed by atoms with Gasteiger partial charge >= 0.3 is 0 Å². The van der Waals surface area contributed by atoms with Crippen LogP contribution in [0, 0.1) is 4.91 Å². The van der Waals surface area contributed by atoms with Gasteiger partial charge in [0.1, 0.15) is 0 Å². The highest BCUT2D eigenvalue weighted by Crippen LogP contribution is 2.32. The van der Waals surface area contributed by atoms with E-state index in [4.69, 9.17) is 11.6 Å². The normalized spacial score (nSPS) is 10.0. The van der Waals surface area contributed by atoms with Crippen LogP contribution in [-0.2, 0) is 0 Å². The topological polar surface area (TPSA) is 32.7 Å². The second-order valence-corrected chi connectivity index (χ2v) is 4.07. The first kappa shape index (κ1) is 11.6. The van der Waals surface area contributed by atoms with E-state index in [1.165, 1.54) is 5.01 Å². The van der Waals surface area contributed by atoms with Crippen LogP contribution in [0.25, 0.3) is 11.1 Å². The van der Waals surface area contributed by atoms with E-state index in [1.807, 2.05) is 36.4 Å². The predicted molar refractivity (Wildman–Crippen MR) is 71.1 cm³/mol. The highest BCUT2D eigenvalue weighted by molar-refractivity contribution is 6.31. The molecular formula is C13H11ClN2O. The molecule has 0 bridgehead atoms. The van der Waals surface area contributed by atoms with Gasteiger partial charge in [0.25, 0.3) is 0 Å². The minimum Gasteiger partial charge on any atom is -0.232 e. The van der Waals surface area contributed by atoms with Gasteiger partial charge in [0, 0.05) is 17.6 Å². The molecule has 4 heteroatoms. The summed E-state index contributed by atoms with van der Waals surface area (Å²) < 4.78 is 0. The van der Waals surface area contributed by atoms with Crippen LogP contribution in [0.1, 0.15) is 0 Å². The van der Waals surface area contributed by atoms with Crippen molar-refractivity contribution >= 4 is 17.3 Å². The second kappa shape index (κ2) is 4.97. The van der Waals surface area contributed by atoms with E-state index >= 15 is 0 Å². The van der Waals surface area contributed by atoms with Crippen LogP contribution in [0.15, 0.2) is 53.8 Å². The van der Waals surface area contributed by atoms with Crippen molar-refractivity contribution < 1.29 is 0 Å². The zero-order valence-electron chi connectivity index (χ0n) is 9.30. The number of benzene rings is 2. The average Bonchev–Trinajstić information content (AvgIpc) is 2.39. The maximum atomic E-state index is 10.6. The summed E-state index contributed by atoms with van der Waals surface area (Å²) in [7, 11) is 1.61. The molecule has 0 saturated carbocycles. The van der Waals surface area contributed by atoms with Crippen molar-refractivity contribution in [1.82, 2.24) is 0 Å². The molecule has 2 aromatic carbocycles. The highest BCUT2D eigenvalue weighted by atomic mass is 35.5. The molecule has 0 spiro atoms. The third-order valence-corrected chi connectivity index (χ3v) is 2.75. The molecule has 0 saturated heterocycles. The van der Waals surface area contributed by atoms with Gasteiger partial charge in [-0.25, -0.2) is 5.01 Å². The zero-order valence-corrected chi connectivity index (χ0v) is 10.1. The summed E-state index contributed by atoms with van der Waals surface area (Å²) in [5.41, 5.74) is 2.62. The molecule has 2 aromatic rings. The van der Waals surface area contributed by atoms with E-state index in [0.29, 0.717) is 5.02 Å². The Morgan fingerprint density at radius 2 is 1.82 bits per heavy atom. The summed E-state index contributed by atoms with van der Waals surface area (Å²) in [5.74, 6) is 0. The van der Waals surface area contributed by atoms with Crippen LogP contribution in [0.5, 0.6) is 0 Å². The molecule has 2 rings (SSSR count). The fourth-order valence-corrected chi connectivity index (χ4v) is 1.86. The Morgan fingerprint density at radius 3 is 2.47 bits per heavy atom. The average molecular weight is 247 g/mol. The van der Waals surface area contributed by atoms with E-state index in [0.717, 1.165) is 16.8 Å². The van der Waals surface area contributed by atoms with Crippen molar-refractivity contribution in [2.75, 3.05) is 12.1 Å². The molecule has 3 nitrogen and oxygen atoms in total. The van der Waals surface area contributed by atoms with Crippen molar-refractivity contribution in [2.45, 2.75) is 0 Å². The molecule has 0 aliphatic heterocycles. The number of nitrogens with zero attached hydrogens (tertiary/aromatic N) is 2. The van der Waals surface area contributed by atoms with E-state index in [9.17, 15) is 4.91 Å². The lowest BCUT2D eigenvalue weighted by molar-refractivity contribution is 1.01. The predicted octanol–water partition coefficient (Wildman–Crippen LogP) is 4.12. The summed E-state index contributed by atoms with van der Waals surface area (Å²) in [6, 6.07) is 15.1. The third kappa shape index (κ3) is 2.45.